The third-order valence-electron chi connectivity index (χ3n) is 1.29. The van der Waals surface area contributed by atoms with Crippen LogP contribution in [0.5, 0.6) is 0 Å². The molecule has 0 spiro atoms. The summed E-state index contributed by atoms with van der Waals surface area (Å²) in [4.78, 5) is 3.17. The fourth-order valence-corrected chi connectivity index (χ4v) is 0.934. The highest BCUT2D eigenvalue weighted by Gasteiger charge is 1.95. The highest BCUT2D eigenvalue weighted by Crippen LogP contribution is 2.03. The molecule has 50 valence electrons. The third-order valence-corrected chi connectivity index (χ3v) is 1.29. The zero-order valence-electron chi connectivity index (χ0n) is 6.02. The number of hydrogen-bond donors (Lipinski definition) is 1. The molecule has 1 aromatic heterocycles. The summed E-state index contributed by atoms with van der Waals surface area (Å²) in [5.74, 6) is 0.753. The molecular weight excluding hydrogens is 110 g/mol. The maximum Gasteiger partial charge on any atom is 0.0149 e. The first-order valence-electron chi connectivity index (χ1n) is 3.41. The first-order valence-corrected chi connectivity index (χ1v) is 3.41. The van der Waals surface area contributed by atoms with Gasteiger partial charge in [0.15, 0.2) is 0 Å². The Labute approximate surface area is 56.1 Å². The maximum atomic E-state index is 3.17. The summed E-state index contributed by atoms with van der Waals surface area (Å²) in [6.07, 6.45) is 3.13. The number of nitrogens with one attached hydrogen (secondary N) is 1. The standard InChI is InChI=1S/C8H13N/c1-7(2)6-8-4-3-5-9-8/h3-5,7,9H,6H2,1-2H3. The highest BCUT2D eigenvalue weighted by molar-refractivity contribution is 5.03. The fourth-order valence-electron chi connectivity index (χ4n) is 0.934. The van der Waals surface area contributed by atoms with E-state index in [0.29, 0.717) is 0 Å². The predicted octanol–water partition coefficient (Wildman–Crippen LogP) is 2.21. The Morgan fingerprint density at radius 2 is 2.33 bits per heavy atom. The molecule has 1 heteroatoms. The van der Waals surface area contributed by atoms with E-state index >= 15 is 0 Å². The number of aromatic nitrogens is 1. The molecule has 1 nitrogen and oxygen atoms in total. The average molecular weight is 123 g/mol. The second-order valence-corrected chi connectivity index (χ2v) is 2.79. The zero-order chi connectivity index (χ0) is 6.69. The van der Waals surface area contributed by atoms with Gasteiger partial charge in [0.2, 0.25) is 0 Å². The molecular formula is C8H13N. The second kappa shape index (κ2) is 2.72. The number of hydrogen-bond acceptors (Lipinski definition) is 0. The van der Waals surface area contributed by atoms with Gasteiger partial charge < -0.3 is 4.98 Å². The minimum absolute atomic E-state index is 0.753. The lowest BCUT2D eigenvalue weighted by atomic mass is 10.1. The molecule has 0 aliphatic rings. The molecule has 0 saturated heterocycles. The van der Waals surface area contributed by atoms with Crippen LogP contribution in [0, 0.1) is 5.92 Å². The van der Waals surface area contributed by atoms with Crippen molar-refractivity contribution in [2.75, 3.05) is 0 Å². The Morgan fingerprint density at radius 1 is 1.56 bits per heavy atom. The van der Waals surface area contributed by atoms with E-state index in [-0.39, 0.29) is 0 Å². The molecule has 0 unspecified atom stereocenters. The number of H-pyrrole nitrogens is 1. The summed E-state index contributed by atoms with van der Waals surface area (Å²) < 4.78 is 0. The van der Waals surface area contributed by atoms with Crippen LogP contribution in [0.2, 0.25) is 0 Å². The molecule has 0 aliphatic heterocycles. The van der Waals surface area contributed by atoms with Gasteiger partial charge in [0.25, 0.3) is 0 Å². The summed E-state index contributed by atoms with van der Waals surface area (Å²) >= 11 is 0. The SMILES string of the molecule is CC(C)Cc1ccc[nH]1. The Hall–Kier alpha value is -0.720. The van der Waals surface area contributed by atoms with Crippen molar-refractivity contribution in [1.82, 2.24) is 4.98 Å². The topological polar surface area (TPSA) is 15.8 Å². The normalized spacial score (nSPS) is 10.6. The van der Waals surface area contributed by atoms with Crippen LogP contribution in [0.25, 0.3) is 0 Å². The van der Waals surface area contributed by atoms with E-state index in [1.807, 2.05) is 12.3 Å². The predicted molar refractivity (Wildman–Crippen MR) is 39.3 cm³/mol. The highest BCUT2D eigenvalue weighted by atomic mass is 14.7. The van der Waals surface area contributed by atoms with E-state index in [2.05, 4.69) is 24.9 Å². The van der Waals surface area contributed by atoms with Gasteiger partial charge >= 0.3 is 0 Å². The minimum Gasteiger partial charge on any atom is -0.365 e. The molecule has 1 rings (SSSR count). The van der Waals surface area contributed by atoms with Crippen molar-refractivity contribution >= 4 is 0 Å². The van der Waals surface area contributed by atoms with Gasteiger partial charge in [-0.3, -0.25) is 0 Å². The van der Waals surface area contributed by atoms with E-state index in [9.17, 15) is 0 Å². The van der Waals surface area contributed by atoms with Gasteiger partial charge in [0.1, 0.15) is 0 Å². The molecule has 1 heterocycles. The summed E-state index contributed by atoms with van der Waals surface area (Å²) in [5.41, 5.74) is 1.34. The quantitative estimate of drug-likeness (QED) is 0.620. The Bertz CT molecular complexity index is 151. The van der Waals surface area contributed by atoms with Crippen molar-refractivity contribution in [3.63, 3.8) is 0 Å². The molecule has 1 aromatic rings. The number of rotatable bonds is 2. The first kappa shape index (κ1) is 6.40. The fraction of sp³-hybridized carbons (Fsp3) is 0.500. The van der Waals surface area contributed by atoms with Crippen molar-refractivity contribution in [3.05, 3.63) is 24.0 Å². The summed E-state index contributed by atoms with van der Waals surface area (Å²) in [7, 11) is 0. The summed E-state index contributed by atoms with van der Waals surface area (Å²) in [6, 6.07) is 4.16. The van der Waals surface area contributed by atoms with Gasteiger partial charge in [-0.25, -0.2) is 0 Å². The van der Waals surface area contributed by atoms with Gasteiger partial charge in [-0.1, -0.05) is 13.8 Å². The lowest BCUT2D eigenvalue weighted by Gasteiger charge is -1.99. The van der Waals surface area contributed by atoms with Crippen molar-refractivity contribution in [1.29, 1.82) is 0 Å². The molecule has 0 fully saturated rings. The van der Waals surface area contributed by atoms with Crippen LogP contribution in [0.4, 0.5) is 0 Å². The molecule has 0 aromatic carbocycles. The van der Waals surface area contributed by atoms with Crippen LogP contribution in [0.3, 0.4) is 0 Å². The van der Waals surface area contributed by atoms with Crippen LogP contribution >= 0.6 is 0 Å². The first-order chi connectivity index (χ1) is 4.29. The largest absolute Gasteiger partial charge is 0.365 e. The van der Waals surface area contributed by atoms with Crippen molar-refractivity contribution in [3.8, 4) is 0 Å². The summed E-state index contributed by atoms with van der Waals surface area (Å²) in [6.45, 7) is 4.45. The smallest absolute Gasteiger partial charge is 0.0149 e. The van der Waals surface area contributed by atoms with E-state index in [1.54, 1.807) is 0 Å². The van der Waals surface area contributed by atoms with E-state index in [1.165, 1.54) is 5.69 Å². The molecule has 0 saturated carbocycles. The van der Waals surface area contributed by atoms with Gasteiger partial charge in [-0.15, -0.1) is 0 Å². The van der Waals surface area contributed by atoms with Crippen molar-refractivity contribution in [2.45, 2.75) is 20.3 Å². The van der Waals surface area contributed by atoms with E-state index < -0.39 is 0 Å². The lowest BCUT2D eigenvalue weighted by Crippen LogP contribution is -1.92. The number of aromatic amines is 1. The van der Waals surface area contributed by atoms with Crippen LogP contribution in [-0.2, 0) is 6.42 Å². The Balaban J connectivity index is 2.48. The van der Waals surface area contributed by atoms with Crippen LogP contribution in [-0.4, -0.2) is 4.98 Å². The van der Waals surface area contributed by atoms with Crippen molar-refractivity contribution in [2.24, 2.45) is 5.92 Å². The van der Waals surface area contributed by atoms with Gasteiger partial charge in [0.05, 0.1) is 0 Å². The molecule has 1 N–H and O–H groups in total. The lowest BCUT2D eigenvalue weighted by molar-refractivity contribution is 0.638. The third kappa shape index (κ3) is 1.92. The molecule has 0 radical (unpaired) electrons. The van der Waals surface area contributed by atoms with Crippen molar-refractivity contribution < 1.29 is 0 Å². The molecule has 0 atom stereocenters. The van der Waals surface area contributed by atoms with Gasteiger partial charge in [-0.2, -0.15) is 0 Å². The van der Waals surface area contributed by atoms with E-state index in [0.717, 1.165) is 12.3 Å². The molecule has 0 amide bonds. The molecule has 0 bridgehead atoms. The van der Waals surface area contributed by atoms with Crippen LogP contribution in [0.15, 0.2) is 18.3 Å². The second-order valence-electron chi connectivity index (χ2n) is 2.79. The summed E-state index contributed by atoms with van der Waals surface area (Å²) in [5, 5.41) is 0. The van der Waals surface area contributed by atoms with Gasteiger partial charge in [-0.05, 0) is 24.5 Å². The Morgan fingerprint density at radius 3 is 2.78 bits per heavy atom. The Kier molecular flexibility index (Phi) is 1.93. The average Bonchev–Trinajstić information content (AvgIpc) is 2.15. The van der Waals surface area contributed by atoms with Gasteiger partial charge in [0, 0.05) is 11.9 Å². The molecule has 9 heavy (non-hydrogen) atoms. The van der Waals surface area contributed by atoms with Crippen LogP contribution in [0.1, 0.15) is 19.5 Å². The molecule has 0 aliphatic carbocycles. The van der Waals surface area contributed by atoms with E-state index in [4.69, 9.17) is 0 Å². The zero-order valence-corrected chi connectivity index (χ0v) is 6.02. The van der Waals surface area contributed by atoms with Crippen LogP contribution < -0.4 is 0 Å². The minimum atomic E-state index is 0.753. The maximum absolute atomic E-state index is 3.17. The monoisotopic (exact) mass is 123 g/mol.